The lowest BCUT2D eigenvalue weighted by atomic mass is 10.1. The van der Waals surface area contributed by atoms with Gasteiger partial charge in [0.25, 0.3) is 17.1 Å². The third kappa shape index (κ3) is 3.93. The molecule has 2 aliphatic heterocycles. The molecule has 0 radical (unpaired) electrons. The number of hydrogen-bond donors (Lipinski definition) is 0. The molecule has 8 heteroatoms. The minimum Gasteiger partial charge on any atom is -0.468 e. The topological polar surface area (TPSA) is 76.2 Å². The Balaban J connectivity index is 1.37. The molecule has 4 rings (SSSR count). The number of benzene rings is 2. The number of amides is 3. The Morgan fingerprint density at radius 3 is 2.50 bits per heavy atom. The maximum absolute atomic E-state index is 12.9. The number of rotatable bonds is 6. The van der Waals surface area contributed by atoms with Gasteiger partial charge in [-0.3, -0.25) is 24.2 Å². The molecular formula is C22H22N2O5S. The number of para-hydroxylation sites is 1. The molecule has 30 heavy (non-hydrogen) atoms. The Labute approximate surface area is 178 Å². The van der Waals surface area contributed by atoms with E-state index in [2.05, 4.69) is 0 Å². The Bertz CT molecular complexity index is 979. The van der Waals surface area contributed by atoms with E-state index < -0.39 is 11.2 Å². The highest BCUT2D eigenvalue weighted by Gasteiger charge is 2.42. The van der Waals surface area contributed by atoms with Gasteiger partial charge in [0.2, 0.25) is 0 Å². The first-order valence-corrected chi connectivity index (χ1v) is 10.5. The second kappa shape index (κ2) is 8.12. The van der Waals surface area contributed by atoms with Gasteiger partial charge in [-0.25, -0.2) is 0 Å². The number of carbonyl (C=O) groups excluding carboxylic acids is 3. The normalized spacial score (nSPS) is 20.3. The van der Waals surface area contributed by atoms with Gasteiger partial charge in [0.05, 0.1) is 18.7 Å². The first kappa shape index (κ1) is 20.4. The molecule has 0 aromatic heterocycles. The summed E-state index contributed by atoms with van der Waals surface area (Å²) < 4.78 is 11.6. The standard InChI is InChI=1S/C22H22N2O5S/c1-22(2)24(18(25)16-10-6-7-11-17(16)29-22)12-13-28-20-19(26)23(21(27)30-20)14-15-8-4-3-5-9-15/h3-11,20H,12-14H2,1-2H3. The van der Waals surface area contributed by atoms with Crippen molar-refractivity contribution in [3.05, 3.63) is 65.7 Å². The second-order valence-corrected chi connectivity index (χ2v) is 8.51. The molecule has 0 spiro atoms. The van der Waals surface area contributed by atoms with E-state index in [0.717, 1.165) is 17.3 Å². The fraction of sp³-hybridized carbons (Fsp3) is 0.318. The summed E-state index contributed by atoms with van der Waals surface area (Å²) in [5.41, 5.74) is -0.390. The number of carbonyl (C=O) groups is 3. The molecule has 0 bridgehead atoms. The molecule has 1 atom stereocenters. The lowest BCUT2D eigenvalue weighted by Crippen LogP contribution is -2.55. The molecular weight excluding hydrogens is 404 g/mol. The monoisotopic (exact) mass is 426 g/mol. The third-order valence-corrected chi connectivity index (χ3v) is 6.01. The molecule has 0 N–H and O–H groups in total. The van der Waals surface area contributed by atoms with E-state index in [1.165, 1.54) is 4.90 Å². The molecule has 3 amide bonds. The lowest BCUT2D eigenvalue weighted by Gasteiger charge is -2.42. The first-order chi connectivity index (χ1) is 14.4. The van der Waals surface area contributed by atoms with Crippen LogP contribution in [0.3, 0.4) is 0 Å². The van der Waals surface area contributed by atoms with Crippen molar-refractivity contribution in [2.75, 3.05) is 13.2 Å². The van der Waals surface area contributed by atoms with Crippen molar-refractivity contribution >= 4 is 28.8 Å². The van der Waals surface area contributed by atoms with Gasteiger partial charge < -0.3 is 9.47 Å². The van der Waals surface area contributed by atoms with E-state index in [4.69, 9.17) is 9.47 Å². The highest BCUT2D eigenvalue weighted by atomic mass is 32.2. The van der Waals surface area contributed by atoms with Gasteiger partial charge in [0.15, 0.2) is 11.2 Å². The van der Waals surface area contributed by atoms with E-state index in [1.807, 2.05) is 36.4 Å². The molecule has 1 fully saturated rings. The quantitative estimate of drug-likeness (QED) is 0.704. The largest absolute Gasteiger partial charge is 0.468 e. The zero-order valence-electron chi connectivity index (χ0n) is 16.7. The summed E-state index contributed by atoms with van der Waals surface area (Å²) in [4.78, 5) is 40.5. The minimum atomic E-state index is -0.905. The maximum atomic E-state index is 12.9. The Hall–Kier alpha value is -2.84. The maximum Gasteiger partial charge on any atom is 0.291 e. The van der Waals surface area contributed by atoms with Crippen LogP contribution in [0.1, 0.15) is 29.8 Å². The highest BCUT2D eigenvalue weighted by molar-refractivity contribution is 8.15. The van der Waals surface area contributed by atoms with Crippen LogP contribution in [-0.2, 0) is 16.1 Å². The molecule has 156 valence electrons. The van der Waals surface area contributed by atoms with Crippen LogP contribution < -0.4 is 4.74 Å². The van der Waals surface area contributed by atoms with Crippen molar-refractivity contribution in [2.45, 2.75) is 31.6 Å². The lowest BCUT2D eigenvalue weighted by molar-refractivity contribution is -0.134. The predicted octanol–water partition coefficient (Wildman–Crippen LogP) is 3.50. The van der Waals surface area contributed by atoms with E-state index in [1.54, 1.807) is 36.9 Å². The summed E-state index contributed by atoms with van der Waals surface area (Å²) >= 11 is 0.857. The van der Waals surface area contributed by atoms with Crippen LogP contribution in [0.25, 0.3) is 0 Å². The third-order valence-electron chi connectivity index (χ3n) is 5.04. The summed E-state index contributed by atoms with van der Waals surface area (Å²) in [6.07, 6.45) is 0. The average molecular weight is 426 g/mol. The van der Waals surface area contributed by atoms with Gasteiger partial charge in [-0.15, -0.1) is 0 Å². The number of nitrogens with zero attached hydrogens (tertiary/aromatic N) is 2. The van der Waals surface area contributed by atoms with Gasteiger partial charge in [-0.1, -0.05) is 42.5 Å². The van der Waals surface area contributed by atoms with E-state index in [-0.39, 0.29) is 36.7 Å². The molecule has 7 nitrogen and oxygen atoms in total. The summed E-state index contributed by atoms with van der Waals surface area (Å²) in [7, 11) is 0. The van der Waals surface area contributed by atoms with Gasteiger partial charge >= 0.3 is 0 Å². The van der Waals surface area contributed by atoms with Crippen LogP contribution in [-0.4, -0.2) is 51.2 Å². The molecule has 1 unspecified atom stereocenters. The SMILES string of the molecule is CC1(C)Oc2ccccc2C(=O)N1CCOC1SC(=O)N(Cc2ccccc2)C1=O. The number of imide groups is 1. The van der Waals surface area contributed by atoms with Gasteiger partial charge in [0.1, 0.15) is 5.75 Å². The van der Waals surface area contributed by atoms with Crippen molar-refractivity contribution in [3.8, 4) is 5.75 Å². The molecule has 2 aromatic rings. The molecule has 2 heterocycles. The van der Waals surface area contributed by atoms with Crippen LogP contribution in [0.5, 0.6) is 5.75 Å². The van der Waals surface area contributed by atoms with E-state index in [9.17, 15) is 14.4 Å². The van der Waals surface area contributed by atoms with Gasteiger partial charge in [0, 0.05) is 6.54 Å². The van der Waals surface area contributed by atoms with Crippen molar-refractivity contribution in [3.63, 3.8) is 0 Å². The Kier molecular flexibility index (Phi) is 5.53. The van der Waals surface area contributed by atoms with E-state index >= 15 is 0 Å². The summed E-state index contributed by atoms with van der Waals surface area (Å²) in [5, 5.41) is -0.333. The highest BCUT2D eigenvalue weighted by Crippen LogP contribution is 2.33. The van der Waals surface area contributed by atoms with Crippen molar-refractivity contribution in [1.29, 1.82) is 0 Å². The van der Waals surface area contributed by atoms with Crippen molar-refractivity contribution < 1.29 is 23.9 Å². The molecule has 2 aromatic carbocycles. The first-order valence-electron chi connectivity index (χ1n) is 9.64. The van der Waals surface area contributed by atoms with Crippen LogP contribution in [0, 0.1) is 0 Å². The van der Waals surface area contributed by atoms with Crippen LogP contribution >= 0.6 is 11.8 Å². The molecule has 0 aliphatic carbocycles. The Morgan fingerprint density at radius 2 is 1.73 bits per heavy atom. The predicted molar refractivity (Wildman–Crippen MR) is 112 cm³/mol. The number of ether oxygens (including phenoxy) is 2. The summed E-state index contributed by atoms with van der Waals surface area (Å²) in [6.45, 7) is 4.17. The van der Waals surface area contributed by atoms with Crippen LogP contribution in [0.2, 0.25) is 0 Å². The summed E-state index contributed by atoms with van der Waals surface area (Å²) in [5.74, 6) is 0.0191. The van der Waals surface area contributed by atoms with Gasteiger partial charge in [-0.2, -0.15) is 0 Å². The zero-order valence-corrected chi connectivity index (χ0v) is 17.6. The Morgan fingerprint density at radius 1 is 1.03 bits per heavy atom. The van der Waals surface area contributed by atoms with Gasteiger partial charge in [-0.05, 0) is 43.3 Å². The smallest absolute Gasteiger partial charge is 0.291 e. The fourth-order valence-electron chi connectivity index (χ4n) is 3.50. The minimum absolute atomic E-state index is 0.108. The fourth-order valence-corrected chi connectivity index (χ4v) is 4.36. The number of fused-ring (bicyclic) bond motifs is 1. The number of hydrogen-bond acceptors (Lipinski definition) is 6. The van der Waals surface area contributed by atoms with Crippen LogP contribution in [0.15, 0.2) is 54.6 Å². The van der Waals surface area contributed by atoms with E-state index in [0.29, 0.717) is 11.3 Å². The average Bonchev–Trinajstić information content (AvgIpc) is 2.98. The molecule has 0 saturated carbocycles. The molecule has 1 saturated heterocycles. The summed E-state index contributed by atoms with van der Waals surface area (Å²) in [6, 6.07) is 16.4. The zero-order chi connectivity index (χ0) is 21.3. The second-order valence-electron chi connectivity index (χ2n) is 7.50. The number of thioether (sulfide) groups is 1. The van der Waals surface area contributed by atoms with Crippen LogP contribution in [0.4, 0.5) is 4.79 Å². The molecule has 2 aliphatic rings. The van der Waals surface area contributed by atoms with Crippen molar-refractivity contribution in [1.82, 2.24) is 9.80 Å². The van der Waals surface area contributed by atoms with Crippen molar-refractivity contribution in [2.24, 2.45) is 0 Å².